The number of benzene rings is 2. The van der Waals surface area contributed by atoms with E-state index in [4.69, 9.17) is 24.7 Å². The van der Waals surface area contributed by atoms with Crippen molar-refractivity contribution in [2.75, 3.05) is 25.6 Å². The number of hydrogen-bond donors (Lipinski definition) is 1. The van der Waals surface area contributed by atoms with E-state index < -0.39 is 13.9 Å². The quantitative estimate of drug-likeness (QED) is 0.146. The Labute approximate surface area is 251 Å². The monoisotopic (exact) mass is 604 g/mol. The van der Waals surface area contributed by atoms with Gasteiger partial charge in [0.15, 0.2) is 0 Å². The largest absolute Gasteiger partial charge is 0.487 e. The molecule has 43 heavy (non-hydrogen) atoms. The van der Waals surface area contributed by atoms with Gasteiger partial charge in [-0.1, -0.05) is 19.6 Å². The Morgan fingerprint density at radius 1 is 1.09 bits per heavy atom. The Kier molecular flexibility index (Phi) is 9.45. The number of nitrogens with two attached hydrogens (primary N) is 1. The molecule has 10 nitrogen and oxygen atoms in total. The molecule has 1 aliphatic heterocycles. The normalized spacial score (nSPS) is 14.0. The number of anilines is 1. The highest BCUT2D eigenvalue weighted by Crippen LogP contribution is 2.34. The molecule has 0 radical (unpaired) electrons. The van der Waals surface area contributed by atoms with Gasteiger partial charge in [-0.3, -0.25) is 0 Å². The van der Waals surface area contributed by atoms with E-state index in [-0.39, 0.29) is 18.4 Å². The third kappa shape index (κ3) is 7.81. The zero-order valence-electron chi connectivity index (χ0n) is 24.8. The van der Waals surface area contributed by atoms with E-state index in [1.54, 1.807) is 47.5 Å². The minimum absolute atomic E-state index is 0.0929. The predicted molar refractivity (Wildman–Crippen MR) is 163 cm³/mol. The van der Waals surface area contributed by atoms with E-state index in [9.17, 15) is 9.65 Å². The lowest BCUT2D eigenvalue weighted by atomic mass is 10.1. The molecule has 0 atom stereocenters. The lowest BCUT2D eigenvalue weighted by Crippen LogP contribution is -2.22. The molecule has 226 valence electrons. The van der Waals surface area contributed by atoms with Crippen LogP contribution in [-0.2, 0) is 22.8 Å². The van der Waals surface area contributed by atoms with Gasteiger partial charge in [0.2, 0.25) is 0 Å². The highest BCUT2D eigenvalue weighted by molar-refractivity contribution is 6.76. The van der Waals surface area contributed by atoms with Crippen molar-refractivity contribution < 1.29 is 23.3 Å². The lowest BCUT2D eigenvalue weighted by Gasteiger charge is -2.23. The van der Waals surface area contributed by atoms with Crippen LogP contribution in [0.1, 0.15) is 30.1 Å². The van der Waals surface area contributed by atoms with Crippen LogP contribution in [0.2, 0.25) is 25.7 Å². The zero-order chi connectivity index (χ0) is 30.4. The van der Waals surface area contributed by atoms with Crippen LogP contribution in [-0.4, -0.2) is 47.2 Å². The minimum Gasteiger partial charge on any atom is -0.487 e. The second-order valence-corrected chi connectivity index (χ2v) is 17.4. The van der Waals surface area contributed by atoms with Crippen molar-refractivity contribution in [3.8, 4) is 34.6 Å². The maximum atomic E-state index is 14.5. The van der Waals surface area contributed by atoms with Crippen molar-refractivity contribution in [2.45, 2.75) is 57.9 Å². The fraction of sp³-hybridized carbons (Fsp3) is 0.387. The minimum atomic E-state index is -1.17. The Morgan fingerprint density at radius 3 is 2.56 bits per heavy atom. The molecule has 0 amide bonds. The number of nitrogen functional groups attached to an aromatic ring is 1. The average Bonchev–Trinajstić information content (AvgIpc) is 3.57. The lowest BCUT2D eigenvalue weighted by molar-refractivity contribution is 0.0669. The maximum Gasteiger partial charge on any atom is 0.140 e. The maximum absolute atomic E-state index is 14.5. The summed E-state index contributed by atoms with van der Waals surface area (Å²) in [6.07, 6.45) is 4.98. The molecule has 4 aromatic rings. The van der Waals surface area contributed by atoms with Crippen molar-refractivity contribution in [3.63, 3.8) is 0 Å². The number of hydrogen-bond acceptors (Lipinski definition) is 8. The van der Waals surface area contributed by atoms with Crippen LogP contribution in [0, 0.1) is 17.1 Å². The number of nitriles is 1. The molecular weight excluding hydrogens is 567 g/mol. The van der Waals surface area contributed by atoms with Gasteiger partial charge in [0.25, 0.3) is 0 Å². The van der Waals surface area contributed by atoms with E-state index in [0.29, 0.717) is 55.1 Å². The number of rotatable bonds is 12. The molecule has 2 aromatic carbocycles. The van der Waals surface area contributed by atoms with E-state index in [1.165, 1.54) is 12.1 Å². The van der Waals surface area contributed by atoms with E-state index >= 15 is 0 Å². The third-order valence-electron chi connectivity index (χ3n) is 7.22. The van der Waals surface area contributed by atoms with Gasteiger partial charge in [-0.25, -0.2) is 14.1 Å². The summed E-state index contributed by atoms with van der Waals surface area (Å²) in [5.41, 5.74) is 8.70. The second-order valence-electron chi connectivity index (χ2n) is 11.7. The molecule has 1 saturated heterocycles. The molecule has 0 aliphatic carbocycles. The summed E-state index contributed by atoms with van der Waals surface area (Å²) in [6, 6.07) is 14.7. The van der Waals surface area contributed by atoms with Gasteiger partial charge in [-0.05, 0) is 43.2 Å². The SMILES string of the molecule is C[Si](C)(C)CCOCn1cncc1COc1cc(F)cc(Oc2ccc(-c3nn(C4CCOCC4)c(N)c3C#N)cc2)c1. The molecule has 0 bridgehead atoms. The smallest absolute Gasteiger partial charge is 0.140 e. The van der Waals surface area contributed by atoms with Crippen molar-refractivity contribution in [1.29, 1.82) is 5.26 Å². The second kappa shape index (κ2) is 13.4. The number of nitrogens with zero attached hydrogens (tertiary/aromatic N) is 5. The standard InChI is InChI=1S/C31H37FN6O4Si/c1-43(2,3)13-12-40-21-37-20-35-18-25(37)19-41-27-14-23(32)15-28(16-27)42-26-6-4-22(5-7-26)30-29(17-33)31(34)38(36-30)24-8-10-39-11-9-24/h4-7,14-16,18,20,24H,8-13,19,21,34H2,1-3H3. The van der Waals surface area contributed by atoms with Crippen LogP contribution in [0.15, 0.2) is 55.0 Å². The van der Waals surface area contributed by atoms with Gasteiger partial charge in [0, 0.05) is 51.7 Å². The van der Waals surface area contributed by atoms with Crippen molar-refractivity contribution >= 4 is 13.9 Å². The van der Waals surface area contributed by atoms with Crippen LogP contribution in [0.3, 0.4) is 0 Å². The highest BCUT2D eigenvalue weighted by atomic mass is 28.3. The van der Waals surface area contributed by atoms with Gasteiger partial charge in [-0.15, -0.1) is 0 Å². The molecule has 0 unspecified atom stereocenters. The Bertz CT molecular complexity index is 1570. The van der Waals surface area contributed by atoms with E-state index in [2.05, 4.69) is 35.8 Å². The van der Waals surface area contributed by atoms with Crippen LogP contribution < -0.4 is 15.2 Å². The fourth-order valence-corrected chi connectivity index (χ4v) is 5.50. The van der Waals surface area contributed by atoms with Gasteiger partial charge in [-0.2, -0.15) is 10.4 Å². The summed E-state index contributed by atoms with van der Waals surface area (Å²) in [7, 11) is -1.17. The first-order valence-electron chi connectivity index (χ1n) is 14.3. The number of aromatic nitrogens is 4. The molecule has 0 spiro atoms. The zero-order valence-corrected chi connectivity index (χ0v) is 25.8. The summed E-state index contributed by atoms with van der Waals surface area (Å²) >= 11 is 0. The topological polar surface area (TPSA) is 122 Å². The number of halogens is 1. The highest BCUT2D eigenvalue weighted by Gasteiger charge is 2.24. The number of imidazole rings is 1. The number of ether oxygens (including phenoxy) is 4. The van der Waals surface area contributed by atoms with Gasteiger partial charge in [0.1, 0.15) is 59.5 Å². The molecule has 1 fully saturated rings. The third-order valence-corrected chi connectivity index (χ3v) is 8.92. The summed E-state index contributed by atoms with van der Waals surface area (Å²) in [5, 5.41) is 14.5. The predicted octanol–water partition coefficient (Wildman–Crippen LogP) is 6.37. The molecule has 12 heteroatoms. The first-order valence-corrected chi connectivity index (χ1v) is 18.0. The Morgan fingerprint density at radius 2 is 1.84 bits per heavy atom. The molecule has 5 rings (SSSR count). The average molecular weight is 605 g/mol. The summed E-state index contributed by atoms with van der Waals surface area (Å²) in [5.74, 6) is 0.974. The molecule has 3 heterocycles. The Balaban J connectivity index is 1.23. The molecule has 2 aromatic heterocycles. The van der Waals surface area contributed by atoms with Crippen molar-refractivity contribution in [3.05, 3.63) is 72.1 Å². The van der Waals surface area contributed by atoms with E-state index in [1.807, 2.05) is 4.57 Å². The van der Waals surface area contributed by atoms with Crippen LogP contribution in [0.4, 0.5) is 10.2 Å². The first-order chi connectivity index (χ1) is 20.7. The summed E-state index contributed by atoms with van der Waals surface area (Å²) < 4.78 is 41.2. The van der Waals surface area contributed by atoms with Crippen LogP contribution in [0.5, 0.6) is 17.2 Å². The molecule has 1 aliphatic rings. The molecule has 2 N–H and O–H groups in total. The van der Waals surface area contributed by atoms with Crippen molar-refractivity contribution in [2.24, 2.45) is 0 Å². The summed E-state index contributed by atoms with van der Waals surface area (Å²) in [4.78, 5) is 4.20. The molecule has 0 saturated carbocycles. The van der Waals surface area contributed by atoms with Gasteiger partial charge >= 0.3 is 0 Å². The molecular formula is C31H37FN6O4Si. The van der Waals surface area contributed by atoms with Crippen LogP contribution in [0.25, 0.3) is 11.3 Å². The summed E-state index contributed by atoms with van der Waals surface area (Å²) in [6.45, 7) is 9.49. The van der Waals surface area contributed by atoms with Crippen LogP contribution >= 0.6 is 0 Å². The fourth-order valence-electron chi connectivity index (χ4n) is 4.75. The first kappa shape index (κ1) is 30.3. The van der Waals surface area contributed by atoms with Gasteiger partial charge < -0.3 is 29.2 Å². The van der Waals surface area contributed by atoms with E-state index in [0.717, 1.165) is 30.1 Å². The Hall–Kier alpha value is -4.18. The van der Waals surface area contributed by atoms with Gasteiger partial charge in [0.05, 0.1) is 24.3 Å². The van der Waals surface area contributed by atoms with Crippen molar-refractivity contribution in [1.82, 2.24) is 19.3 Å².